The fourth-order valence-electron chi connectivity index (χ4n) is 3.33. The fraction of sp³-hybridized carbons (Fsp3) is 0.556. The zero-order chi connectivity index (χ0) is 17.6. The van der Waals surface area contributed by atoms with Crippen molar-refractivity contribution in [1.82, 2.24) is 20.1 Å². The molecule has 0 amide bonds. The minimum absolute atomic E-state index is 0.386. The van der Waals surface area contributed by atoms with Crippen molar-refractivity contribution in [1.29, 1.82) is 0 Å². The van der Waals surface area contributed by atoms with Gasteiger partial charge in [-0.1, -0.05) is 18.5 Å². The highest BCUT2D eigenvalue weighted by Gasteiger charge is 2.25. The van der Waals surface area contributed by atoms with Gasteiger partial charge in [-0.3, -0.25) is 10.00 Å². The summed E-state index contributed by atoms with van der Waals surface area (Å²) >= 11 is 6.29. The summed E-state index contributed by atoms with van der Waals surface area (Å²) in [7, 11) is 1.65. The van der Waals surface area contributed by atoms with E-state index in [9.17, 15) is 0 Å². The maximum atomic E-state index is 6.29. The number of halogens is 1. The SMILES string of the molecule is CCCOc1c(CN2CCCC(c3ncn[nH]3)C2)cc(Cl)cc1OC. The van der Waals surface area contributed by atoms with Gasteiger partial charge in [0.25, 0.3) is 0 Å². The van der Waals surface area contributed by atoms with Crippen molar-refractivity contribution in [2.75, 3.05) is 26.8 Å². The van der Waals surface area contributed by atoms with Gasteiger partial charge in [-0.05, 0) is 31.9 Å². The number of methoxy groups -OCH3 is 1. The summed E-state index contributed by atoms with van der Waals surface area (Å²) in [6, 6.07) is 3.79. The second-order valence-electron chi connectivity index (χ2n) is 6.39. The van der Waals surface area contributed by atoms with Gasteiger partial charge in [0.1, 0.15) is 12.2 Å². The Morgan fingerprint density at radius 2 is 2.28 bits per heavy atom. The molecule has 1 aromatic heterocycles. The Labute approximate surface area is 153 Å². The third-order valence-electron chi connectivity index (χ3n) is 4.49. The zero-order valence-corrected chi connectivity index (χ0v) is 15.6. The van der Waals surface area contributed by atoms with Crippen molar-refractivity contribution in [2.24, 2.45) is 0 Å². The van der Waals surface area contributed by atoms with Crippen molar-refractivity contribution in [3.8, 4) is 11.5 Å². The zero-order valence-electron chi connectivity index (χ0n) is 14.8. The maximum absolute atomic E-state index is 6.29. The van der Waals surface area contributed by atoms with Crippen LogP contribution in [-0.4, -0.2) is 46.9 Å². The molecule has 1 saturated heterocycles. The number of benzene rings is 1. The van der Waals surface area contributed by atoms with Crippen LogP contribution in [0.3, 0.4) is 0 Å². The highest BCUT2D eigenvalue weighted by Crippen LogP contribution is 2.36. The summed E-state index contributed by atoms with van der Waals surface area (Å²) in [6.07, 6.45) is 4.78. The first-order valence-electron chi connectivity index (χ1n) is 8.78. The normalized spacial score (nSPS) is 18.3. The number of nitrogens with zero attached hydrogens (tertiary/aromatic N) is 3. The standard InChI is InChI=1S/C18H25ClN4O2/c1-3-7-25-17-14(8-15(19)9-16(17)24-2)11-23-6-4-5-13(10-23)18-20-12-21-22-18/h8-9,12-13H,3-7,10-11H2,1-2H3,(H,20,21,22). The van der Waals surface area contributed by atoms with Crippen molar-refractivity contribution in [2.45, 2.75) is 38.6 Å². The first kappa shape index (κ1) is 18.0. The van der Waals surface area contributed by atoms with E-state index >= 15 is 0 Å². The minimum atomic E-state index is 0.386. The van der Waals surface area contributed by atoms with E-state index in [1.807, 2.05) is 12.1 Å². The number of aromatic amines is 1. The number of H-pyrrole nitrogens is 1. The minimum Gasteiger partial charge on any atom is -0.493 e. The van der Waals surface area contributed by atoms with E-state index in [0.29, 0.717) is 23.3 Å². The van der Waals surface area contributed by atoms with Gasteiger partial charge in [-0.15, -0.1) is 0 Å². The molecular weight excluding hydrogens is 340 g/mol. The molecule has 1 N–H and O–H groups in total. The smallest absolute Gasteiger partial charge is 0.165 e. The van der Waals surface area contributed by atoms with Crippen LogP contribution in [0.1, 0.15) is 43.5 Å². The fourth-order valence-corrected chi connectivity index (χ4v) is 3.57. The Morgan fingerprint density at radius 3 is 3.00 bits per heavy atom. The quantitative estimate of drug-likeness (QED) is 0.812. The maximum Gasteiger partial charge on any atom is 0.165 e. The lowest BCUT2D eigenvalue weighted by atomic mass is 9.97. The molecule has 0 spiro atoms. The Hall–Kier alpha value is -1.79. The van der Waals surface area contributed by atoms with Gasteiger partial charge in [0.2, 0.25) is 0 Å². The summed E-state index contributed by atoms with van der Waals surface area (Å²) in [6.45, 7) is 5.52. The number of aromatic nitrogens is 3. The van der Waals surface area contributed by atoms with E-state index in [4.69, 9.17) is 21.1 Å². The number of hydrogen-bond acceptors (Lipinski definition) is 5. The van der Waals surface area contributed by atoms with E-state index in [2.05, 4.69) is 27.0 Å². The molecule has 0 aliphatic carbocycles. The van der Waals surface area contributed by atoms with Crippen molar-refractivity contribution < 1.29 is 9.47 Å². The Balaban J connectivity index is 1.77. The monoisotopic (exact) mass is 364 g/mol. The molecule has 1 atom stereocenters. The molecule has 3 rings (SSSR count). The molecule has 0 saturated carbocycles. The van der Waals surface area contributed by atoms with Crippen LogP contribution < -0.4 is 9.47 Å². The first-order valence-corrected chi connectivity index (χ1v) is 9.15. The number of ether oxygens (including phenoxy) is 2. The Morgan fingerprint density at radius 1 is 1.40 bits per heavy atom. The number of piperidine rings is 1. The van der Waals surface area contributed by atoms with Crippen LogP contribution in [0, 0.1) is 0 Å². The first-order chi connectivity index (χ1) is 12.2. The van der Waals surface area contributed by atoms with Gasteiger partial charge >= 0.3 is 0 Å². The third-order valence-corrected chi connectivity index (χ3v) is 4.71. The molecule has 25 heavy (non-hydrogen) atoms. The van der Waals surface area contributed by atoms with Crippen LogP contribution in [0.4, 0.5) is 0 Å². The third kappa shape index (κ3) is 4.44. The highest BCUT2D eigenvalue weighted by atomic mass is 35.5. The summed E-state index contributed by atoms with van der Waals surface area (Å²) < 4.78 is 11.4. The molecule has 1 aliphatic rings. The summed E-state index contributed by atoms with van der Waals surface area (Å²) in [4.78, 5) is 6.74. The van der Waals surface area contributed by atoms with E-state index in [-0.39, 0.29) is 0 Å². The van der Waals surface area contributed by atoms with Gasteiger partial charge in [0, 0.05) is 35.7 Å². The second kappa shape index (κ2) is 8.54. The van der Waals surface area contributed by atoms with E-state index in [0.717, 1.165) is 56.0 Å². The lowest BCUT2D eigenvalue weighted by Gasteiger charge is -2.32. The number of hydrogen-bond donors (Lipinski definition) is 1. The molecule has 2 heterocycles. The topological polar surface area (TPSA) is 63.3 Å². The van der Waals surface area contributed by atoms with Gasteiger partial charge in [-0.2, -0.15) is 5.10 Å². The predicted molar refractivity (Wildman–Crippen MR) is 97.4 cm³/mol. The van der Waals surface area contributed by atoms with Gasteiger partial charge in [0.15, 0.2) is 11.5 Å². The second-order valence-corrected chi connectivity index (χ2v) is 6.83. The van der Waals surface area contributed by atoms with Crippen LogP contribution in [0.5, 0.6) is 11.5 Å². The van der Waals surface area contributed by atoms with Crippen molar-refractivity contribution in [3.63, 3.8) is 0 Å². The van der Waals surface area contributed by atoms with Gasteiger partial charge in [0.05, 0.1) is 13.7 Å². The molecule has 136 valence electrons. The van der Waals surface area contributed by atoms with Gasteiger partial charge < -0.3 is 9.47 Å². The average Bonchev–Trinajstić information content (AvgIpc) is 3.15. The van der Waals surface area contributed by atoms with E-state index in [1.54, 1.807) is 13.4 Å². The van der Waals surface area contributed by atoms with E-state index in [1.165, 1.54) is 0 Å². The molecule has 0 bridgehead atoms. The molecule has 0 radical (unpaired) electrons. The van der Waals surface area contributed by atoms with Crippen LogP contribution >= 0.6 is 11.6 Å². The molecule has 6 nitrogen and oxygen atoms in total. The molecule has 1 aliphatic heterocycles. The van der Waals surface area contributed by atoms with Crippen LogP contribution in [-0.2, 0) is 6.54 Å². The largest absolute Gasteiger partial charge is 0.493 e. The summed E-state index contributed by atoms with van der Waals surface area (Å²) in [5.74, 6) is 2.85. The lowest BCUT2D eigenvalue weighted by Crippen LogP contribution is -2.34. The molecule has 7 heteroatoms. The molecule has 1 fully saturated rings. The van der Waals surface area contributed by atoms with Crippen LogP contribution in [0.2, 0.25) is 5.02 Å². The Kier molecular flexibility index (Phi) is 6.15. The molecular formula is C18H25ClN4O2. The van der Waals surface area contributed by atoms with Crippen LogP contribution in [0.15, 0.2) is 18.5 Å². The molecule has 2 aromatic rings. The number of nitrogens with one attached hydrogen (secondary N) is 1. The van der Waals surface area contributed by atoms with Crippen molar-refractivity contribution in [3.05, 3.63) is 34.9 Å². The molecule has 1 unspecified atom stereocenters. The number of likely N-dealkylation sites (tertiary alicyclic amines) is 1. The predicted octanol–water partition coefficient (Wildman–Crippen LogP) is 3.64. The number of rotatable bonds is 7. The van der Waals surface area contributed by atoms with Gasteiger partial charge in [-0.25, -0.2) is 4.98 Å². The van der Waals surface area contributed by atoms with E-state index < -0.39 is 0 Å². The average molecular weight is 365 g/mol. The Bertz CT molecular complexity index is 678. The summed E-state index contributed by atoms with van der Waals surface area (Å²) in [5, 5.41) is 7.65. The van der Waals surface area contributed by atoms with Crippen LogP contribution in [0.25, 0.3) is 0 Å². The highest BCUT2D eigenvalue weighted by molar-refractivity contribution is 6.30. The van der Waals surface area contributed by atoms with Crippen molar-refractivity contribution >= 4 is 11.6 Å². The summed E-state index contributed by atoms with van der Waals surface area (Å²) in [5.41, 5.74) is 1.07. The molecule has 1 aromatic carbocycles. The lowest BCUT2D eigenvalue weighted by molar-refractivity contribution is 0.192.